The van der Waals surface area contributed by atoms with Gasteiger partial charge >= 0.3 is 0 Å². The van der Waals surface area contributed by atoms with Gasteiger partial charge < -0.3 is 0 Å². The first-order valence-electron chi connectivity index (χ1n) is 15.0. The summed E-state index contributed by atoms with van der Waals surface area (Å²) < 4.78 is 0. The second-order valence-electron chi connectivity index (χ2n) is 10.5. The van der Waals surface area contributed by atoms with E-state index in [-0.39, 0.29) is 0 Å². The van der Waals surface area contributed by atoms with E-state index in [1.54, 1.807) is 0 Å². The molecule has 0 nitrogen and oxygen atoms in total. The van der Waals surface area contributed by atoms with Crippen molar-refractivity contribution in [2.75, 3.05) is 0 Å². The lowest BCUT2D eigenvalue weighted by Gasteiger charge is -1.97. The second-order valence-corrected chi connectivity index (χ2v) is 10.5. The molecule has 0 saturated heterocycles. The Morgan fingerprint density at radius 2 is 0.975 bits per heavy atom. The fourth-order valence-corrected chi connectivity index (χ4v) is 1.32. The Labute approximate surface area is 255 Å². The van der Waals surface area contributed by atoms with E-state index in [0.717, 1.165) is 25.7 Å². The molecule has 0 N–H and O–H groups in total. The number of allylic oxidation sites excluding steroid dienone is 6. The van der Waals surface area contributed by atoms with Crippen molar-refractivity contribution in [1.82, 2.24) is 0 Å². The number of hydrogen-bond acceptors (Lipinski definition) is 0. The van der Waals surface area contributed by atoms with E-state index in [2.05, 4.69) is 126 Å². The number of aryl methyl sites for hydroxylation is 1. The van der Waals surface area contributed by atoms with E-state index in [9.17, 15) is 0 Å². The van der Waals surface area contributed by atoms with Crippen molar-refractivity contribution in [2.45, 2.75) is 129 Å². The molecule has 1 rings (SSSR count). The summed E-state index contributed by atoms with van der Waals surface area (Å²) in [5.41, 5.74) is 8.80. The molecule has 0 fully saturated rings. The van der Waals surface area contributed by atoms with Crippen LogP contribution in [-0.4, -0.2) is 0 Å². The van der Waals surface area contributed by atoms with Crippen molar-refractivity contribution < 1.29 is 0 Å². The third-order valence-corrected chi connectivity index (χ3v) is 4.78. The maximum Gasteiger partial charge on any atom is -0.0262 e. The summed E-state index contributed by atoms with van der Waals surface area (Å²) in [4.78, 5) is 0. The van der Waals surface area contributed by atoms with E-state index >= 15 is 0 Å². The van der Waals surface area contributed by atoms with E-state index < -0.39 is 0 Å². The molecule has 1 aromatic rings. The van der Waals surface area contributed by atoms with Crippen LogP contribution in [0.2, 0.25) is 0 Å². The Morgan fingerprint density at radius 1 is 0.675 bits per heavy atom. The second kappa shape index (κ2) is 40.9. The van der Waals surface area contributed by atoms with Crippen LogP contribution in [0.3, 0.4) is 0 Å². The normalized spacial score (nSPS) is 8.15. The van der Waals surface area contributed by atoms with Crippen molar-refractivity contribution in [3.63, 3.8) is 0 Å². The van der Waals surface area contributed by atoms with Gasteiger partial charge in [-0.25, -0.2) is 0 Å². The topological polar surface area (TPSA) is 0 Å². The number of benzene rings is 1. The van der Waals surface area contributed by atoms with E-state index in [1.807, 2.05) is 46.8 Å². The van der Waals surface area contributed by atoms with Gasteiger partial charge in [-0.05, 0) is 90.7 Å². The largest absolute Gasteiger partial charge is 0.103 e. The highest BCUT2D eigenvalue weighted by Crippen LogP contribution is 2.05. The van der Waals surface area contributed by atoms with E-state index in [4.69, 9.17) is 0 Å². The van der Waals surface area contributed by atoms with Crippen LogP contribution in [0, 0.1) is 5.92 Å². The lowest BCUT2D eigenvalue weighted by atomic mass is 10.1. The first kappa shape index (κ1) is 50.3. The third kappa shape index (κ3) is 76.5. The molecule has 40 heavy (non-hydrogen) atoms. The predicted molar refractivity (Wildman–Crippen MR) is 196 cm³/mol. The van der Waals surface area contributed by atoms with Gasteiger partial charge in [0, 0.05) is 0 Å². The van der Waals surface area contributed by atoms with Crippen LogP contribution < -0.4 is 0 Å². The van der Waals surface area contributed by atoms with Crippen LogP contribution in [0.1, 0.15) is 133 Å². The van der Waals surface area contributed by atoms with Crippen molar-refractivity contribution in [3.8, 4) is 0 Å². The molecule has 1 aromatic carbocycles. The van der Waals surface area contributed by atoms with Crippen LogP contribution in [0.15, 0.2) is 104 Å². The molecule has 0 aromatic heterocycles. The molecule has 0 unspecified atom stereocenters. The van der Waals surface area contributed by atoms with Gasteiger partial charge in [-0.2, -0.15) is 0 Å². The lowest BCUT2D eigenvalue weighted by Crippen LogP contribution is -1.83. The highest BCUT2D eigenvalue weighted by atomic mass is 13.9. The zero-order valence-electron chi connectivity index (χ0n) is 29.7. The number of rotatable bonds is 8. The van der Waals surface area contributed by atoms with Gasteiger partial charge in [-0.3, -0.25) is 0 Å². The lowest BCUT2D eigenvalue weighted by molar-refractivity contribution is 0.773. The summed E-state index contributed by atoms with van der Waals surface area (Å²) in [7, 11) is 0. The minimum atomic E-state index is 0.657. The molecule has 0 radical (unpaired) electrons. The van der Waals surface area contributed by atoms with Crippen molar-refractivity contribution in [2.24, 2.45) is 5.92 Å². The van der Waals surface area contributed by atoms with Crippen LogP contribution in [-0.2, 0) is 6.42 Å². The first-order valence-corrected chi connectivity index (χ1v) is 15.0. The van der Waals surface area contributed by atoms with Gasteiger partial charge in [-0.15, -0.1) is 32.9 Å². The summed E-state index contributed by atoms with van der Waals surface area (Å²) in [5.74, 6) is 0.657. The minimum absolute atomic E-state index is 0.657. The highest BCUT2D eigenvalue weighted by molar-refractivity contribution is 5.47. The molecule has 0 saturated carbocycles. The SMILES string of the molecule is C=C(C)C.C=C(C)C(C)C.C=C(C)CC.C=C(C)CC.C=C(C)CCC.C=CCC.C=Cc1ccc(CC)cc1. The zero-order valence-corrected chi connectivity index (χ0v) is 29.7. The average Bonchev–Trinajstić information content (AvgIpc) is 2.89. The molecule has 0 spiro atoms. The van der Waals surface area contributed by atoms with E-state index in [1.165, 1.54) is 51.8 Å². The first-order chi connectivity index (χ1) is 18.5. The molecule has 232 valence electrons. The van der Waals surface area contributed by atoms with Gasteiger partial charge in [-0.1, -0.05) is 132 Å². The molecular weight excluding hydrogens is 480 g/mol. The van der Waals surface area contributed by atoms with Gasteiger partial charge in [0.2, 0.25) is 0 Å². The molecule has 0 atom stereocenters. The standard InChI is InChI=1S/C10H12.2C6H12.2C5H10.2C4H8/c1-3-9-5-7-10(4-2)8-6-9;1-5(2)6(3)4;1-4-5-6(2)3;2*1-4-5(2)3;1-4(2)3;1-3-4-2/h3,5-8H,1,4H2,2H3;6H,1H2,2-4H3;2,4-5H2,1,3H3;2*2,4H2,1,3H3;1H2,2-3H3;3H,1,4H2,2H3. The Kier molecular flexibility index (Phi) is 51.4. The molecule has 0 amide bonds. The monoisotopic (exact) mass is 553 g/mol. The summed E-state index contributed by atoms with van der Waals surface area (Å²) in [6.45, 7) is 52.5. The summed E-state index contributed by atoms with van der Waals surface area (Å²) >= 11 is 0. The van der Waals surface area contributed by atoms with Gasteiger partial charge in [0.1, 0.15) is 0 Å². The molecule has 0 heteroatoms. The Balaban J connectivity index is -0.0000000869. The number of hydrogen-bond donors (Lipinski definition) is 0. The average molecular weight is 553 g/mol. The smallest absolute Gasteiger partial charge is 0.0262 e. The third-order valence-electron chi connectivity index (χ3n) is 4.78. The summed E-state index contributed by atoms with van der Waals surface area (Å²) in [5, 5.41) is 0. The molecule has 0 aliphatic heterocycles. The van der Waals surface area contributed by atoms with Crippen molar-refractivity contribution in [1.29, 1.82) is 0 Å². The Bertz CT molecular complexity index is 732. The molecule has 0 aliphatic carbocycles. The Hall–Kier alpha value is -2.60. The quantitative estimate of drug-likeness (QED) is 0.281. The van der Waals surface area contributed by atoms with Gasteiger partial charge in [0.25, 0.3) is 0 Å². The van der Waals surface area contributed by atoms with Crippen LogP contribution >= 0.6 is 0 Å². The maximum atomic E-state index is 3.75. The van der Waals surface area contributed by atoms with Gasteiger partial charge in [0.15, 0.2) is 0 Å². The molecule has 0 heterocycles. The van der Waals surface area contributed by atoms with Crippen LogP contribution in [0.4, 0.5) is 0 Å². The maximum absolute atomic E-state index is 3.75. The Morgan fingerprint density at radius 3 is 1.07 bits per heavy atom. The van der Waals surface area contributed by atoms with Gasteiger partial charge in [0.05, 0.1) is 0 Å². The molecule has 0 aliphatic rings. The van der Waals surface area contributed by atoms with Crippen LogP contribution in [0.5, 0.6) is 0 Å². The van der Waals surface area contributed by atoms with Crippen molar-refractivity contribution >= 4 is 6.08 Å². The highest BCUT2D eigenvalue weighted by Gasteiger charge is 1.87. The van der Waals surface area contributed by atoms with Crippen molar-refractivity contribution in [3.05, 3.63) is 115 Å². The minimum Gasteiger partial charge on any atom is -0.103 e. The zero-order chi connectivity index (χ0) is 33.1. The fourth-order valence-electron chi connectivity index (χ4n) is 1.32. The summed E-state index contributed by atoms with van der Waals surface area (Å²) in [6, 6.07) is 8.45. The van der Waals surface area contributed by atoms with E-state index in [0.29, 0.717) is 5.92 Å². The predicted octanol–water partition coefficient (Wildman–Crippen LogP) is 14.6. The fraction of sp³-hybridized carbons (Fsp3) is 0.500. The van der Waals surface area contributed by atoms with Crippen LogP contribution in [0.25, 0.3) is 6.08 Å². The summed E-state index contributed by atoms with van der Waals surface area (Å²) in [6.07, 6.45) is 10.6. The molecule has 0 bridgehead atoms. The molecular formula is C40H72.